The van der Waals surface area contributed by atoms with Crippen molar-refractivity contribution in [1.29, 1.82) is 0 Å². The molecule has 0 unspecified atom stereocenters. The van der Waals surface area contributed by atoms with E-state index in [9.17, 15) is 4.79 Å². The molecular formula is C17H23N3O. The molecule has 21 heavy (non-hydrogen) atoms. The Balaban J connectivity index is 1.87. The Kier molecular flexibility index (Phi) is 3.70. The molecule has 112 valence electrons. The molecule has 0 aliphatic carbocycles. The average Bonchev–Trinajstić information content (AvgIpc) is 2.82. The minimum atomic E-state index is 0.275. The van der Waals surface area contributed by atoms with E-state index in [1.165, 1.54) is 11.1 Å². The lowest BCUT2D eigenvalue weighted by Crippen LogP contribution is -2.38. The number of fused-ring (bicyclic) bond motifs is 1. The molecule has 0 saturated carbocycles. The van der Waals surface area contributed by atoms with Crippen LogP contribution in [0.2, 0.25) is 0 Å². The smallest absolute Gasteiger partial charge is 0.222 e. The van der Waals surface area contributed by atoms with Crippen molar-refractivity contribution < 1.29 is 4.79 Å². The van der Waals surface area contributed by atoms with Gasteiger partial charge in [-0.05, 0) is 44.4 Å². The van der Waals surface area contributed by atoms with Crippen LogP contribution in [-0.2, 0) is 4.79 Å². The minimum absolute atomic E-state index is 0.275. The van der Waals surface area contributed by atoms with Gasteiger partial charge in [0, 0.05) is 25.6 Å². The third-order valence-corrected chi connectivity index (χ3v) is 4.51. The lowest BCUT2D eigenvalue weighted by molar-refractivity contribution is -0.132. The summed E-state index contributed by atoms with van der Waals surface area (Å²) >= 11 is 0. The first-order chi connectivity index (χ1) is 10.1. The molecule has 1 aliphatic rings. The molecule has 4 heteroatoms. The van der Waals surface area contributed by atoms with E-state index >= 15 is 0 Å². The molecule has 0 spiro atoms. The van der Waals surface area contributed by atoms with E-state index in [2.05, 4.69) is 41.6 Å². The van der Waals surface area contributed by atoms with Gasteiger partial charge in [0.15, 0.2) is 0 Å². The van der Waals surface area contributed by atoms with Crippen molar-refractivity contribution >= 4 is 16.9 Å². The third kappa shape index (κ3) is 2.55. The highest BCUT2D eigenvalue weighted by atomic mass is 16.2. The van der Waals surface area contributed by atoms with Crippen LogP contribution in [0, 0.1) is 13.8 Å². The summed E-state index contributed by atoms with van der Waals surface area (Å²) in [4.78, 5) is 18.5. The van der Waals surface area contributed by atoms with E-state index < -0.39 is 0 Å². The van der Waals surface area contributed by atoms with Crippen LogP contribution >= 0.6 is 0 Å². The van der Waals surface area contributed by atoms with Crippen LogP contribution in [0.4, 0.5) is 0 Å². The van der Waals surface area contributed by atoms with Gasteiger partial charge < -0.3 is 9.47 Å². The average molecular weight is 285 g/mol. The summed E-state index contributed by atoms with van der Waals surface area (Å²) in [6, 6.07) is 6.89. The number of rotatable bonds is 2. The predicted octanol–water partition coefficient (Wildman–Crippen LogP) is 3.23. The molecule has 1 aromatic carbocycles. The van der Waals surface area contributed by atoms with E-state index in [1.807, 2.05) is 11.8 Å². The fraction of sp³-hybridized carbons (Fsp3) is 0.529. The molecule has 0 N–H and O–H groups in total. The topological polar surface area (TPSA) is 38.1 Å². The Morgan fingerprint density at radius 2 is 2.00 bits per heavy atom. The maximum absolute atomic E-state index is 11.8. The Morgan fingerprint density at radius 1 is 1.29 bits per heavy atom. The molecule has 3 rings (SSSR count). The molecule has 0 atom stereocenters. The second-order valence-electron chi connectivity index (χ2n) is 5.99. The summed E-state index contributed by atoms with van der Waals surface area (Å²) in [5.41, 5.74) is 3.57. The van der Waals surface area contributed by atoms with Gasteiger partial charge in [0.25, 0.3) is 0 Å². The normalized spacial score (nSPS) is 16.6. The molecule has 1 saturated heterocycles. The first kappa shape index (κ1) is 14.1. The Labute approximate surface area is 125 Å². The van der Waals surface area contributed by atoms with Crippen LogP contribution in [0.25, 0.3) is 11.0 Å². The number of amides is 1. The van der Waals surface area contributed by atoms with Gasteiger partial charge in [-0.3, -0.25) is 4.79 Å². The van der Waals surface area contributed by atoms with Crippen LogP contribution < -0.4 is 0 Å². The van der Waals surface area contributed by atoms with Gasteiger partial charge in [0.1, 0.15) is 5.82 Å². The van der Waals surface area contributed by atoms with Gasteiger partial charge in [-0.25, -0.2) is 4.98 Å². The second-order valence-corrected chi connectivity index (χ2v) is 5.99. The molecular weight excluding hydrogens is 262 g/mol. The van der Waals surface area contributed by atoms with Gasteiger partial charge in [0.2, 0.25) is 5.91 Å². The standard InChI is InChI=1S/C17H23N3O/c1-4-17(21)19-9-7-14(8-10-19)20-13(3)18-15-6-5-12(2)11-16(15)20/h5-6,11,14H,4,7-10H2,1-3H3. The number of nitrogens with zero attached hydrogens (tertiary/aromatic N) is 3. The maximum atomic E-state index is 11.8. The van der Waals surface area contributed by atoms with Crippen LogP contribution in [0.15, 0.2) is 18.2 Å². The predicted molar refractivity (Wildman–Crippen MR) is 84.3 cm³/mol. The lowest BCUT2D eigenvalue weighted by atomic mass is 10.0. The summed E-state index contributed by atoms with van der Waals surface area (Å²) in [6.07, 6.45) is 2.65. The zero-order valence-corrected chi connectivity index (χ0v) is 13.1. The van der Waals surface area contributed by atoms with E-state index in [1.54, 1.807) is 0 Å². The van der Waals surface area contributed by atoms with Gasteiger partial charge >= 0.3 is 0 Å². The molecule has 1 aromatic heterocycles. The Hall–Kier alpha value is -1.84. The summed E-state index contributed by atoms with van der Waals surface area (Å²) in [5, 5.41) is 0. The Bertz CT molecular complexity index is 666. The number of hydrogen-bond acceptors (Lipinski definition) is 2. The molecule has 0 radical (unpaired) electrons. The molecule has 0 bridgehead atoms. The highest BCUT2D eigenvalue weighted by Gasteiger charge is 2.25. The first-order valence-corrected chi connectivity index (χ1v) is 7.83. The Morgan fingerprint density at radius 3 is 2.67 bits per heavy atom. The summed E-state index contributed by atoms with van der Waals surface area (Å²) in [7, 11) is 0. The monoisotopic (exact) mass is 285 g/mol. The number of carbonyl (C=O) groups is 1. The van der Waals surface area contributed by atoms with Gasteiger partial charge in [-0.2, -0.15) is 0 Å². The third-order valence-electron chi connectivity index (χ3n) is 4.51. The van der Waals surface area contributed by atoms with Crippen LogP contribution in [-0.4, -0.2) is 33.4 Å². The summed E-state index contributed by atoms with van der Waals surface area (Å²) in [5.74, 6) is 1.35. The molecule has 2 heterocycles. The van der Waals surface area contributed by atoms with E-state index in [0.717, 1.165) is 37.3 Å². The fourth-order valence-electron chi connectivity index (χ4n) is 3.38. The van der Waals surface area contributed by atoms with E-state index in [-0.39, 0.29) is 5.91 Å². The maximum Gasteiger partial charge on any atom is 0.222 e. The van der Waals surface area contributed by atoms with Crippen molar-refractivity contribution in [3.63, 3.8) is 0 Å². The zero-order chi connectivity index (χ0) is 15.0. The molecule has 2 aromatic rings. The highest BCUT2D eigenvalue weighted by molar-refractivity contribution is 5.77. The fourth-order valence-corrected chi connectivity index (χ4v) is 3.38. The summed E-state index contributed by atoms with van der Waals surface area (Å²) < 4.78 is 2.37. The molecule has 4 nitrogen and oxygen atoms in total. The van der Waals surface area contributed by atoms with Crippen molar-refractivity contribution in [2.75, 3.05) is 13.1 Å². The highest BCUT2D eigenvalue weighted by Crippen LogP contribution is 2.29. The molecule has 1 fully saturated rings. The molecule has 1 aliphatic heterocycles. The van der Waals surface area contributed by atoms with Crippen molar-refractivity contribution in [1.82, 2.24) is 14.5 Å². The first-order valence-electron chi connectivity index (χ1n) is 7.83. The van der Waals surface area contributed by atoms with Gasteiger partial charge in [-0.15, -0.1) is 0 Å². The lowest BCUT2D eigenvalue weighted by Gasteiger charge is -2.33. The quantitative estimate of drug-likeness (QED) is 0.849. The number of aryl methyl sites for hydroxylation is 2. The summed E-state index contributed by atoms with van der Waals surface area (Å²) in [6.45, 7) is 7.86. The largest absolute Gasteiger partial charge is 0.343 e. The minimum Gasteiger partial charge on any atom is -0.343 e. The zero-order valence-electron chi connectivity index (χ0n) is 13.1. The molecule has 1 amide bonds. The van der Waals surface area contributed by atoms with Gasteiger partial charge in [-0.1, -0.05) is 13.0 Å². The number of likely N-dealkylation sites (tertiary alicyclic amines) is 1. The van der Waals surface area contributed by atoms with Crippen LogP contribution in [0.1, 0.15) is 43.6 Å². The van der Waals surface area contributed by atoms with Gasteiger partial charge in [0.05, 0.1) is 11.0 Å². The van der Waals surface area contributed by atoms with Crippen molar-refractivity contribution in [3.05, 3.63) is 29.6 Å². The second kappa shape index (κ2) is 5.51. The van der Waals surface area contributed by atoms with Crippen molar-refractivity contribution in [2.24, 2.45) is 0 Å². The van der Waals surface area contributed by atoms with Crippen LogP contribution in [0.5, 0.6) is 0 Å². The van der Waals surface area contributed by atoms with E-state index in [4.69, 9.17) is 0 Å². The number of aromatic nitrogens is 2. The number of imidazole rings is 1. The van der Waals surface area contributed by atoms with Crippen molar-refractivity contribution in [2.45, 2.75) is 46.1 Å². The number of hydrogen-bond donors (Lipinski definition) is 0. The SMILES string of the molecule is CCC(=O)N1CCC(n2c(C)nc3ccc(C)cc32)CC1. The number of benzene rings is 1. The van der Waals surface area contributed by atoms with Crippen LogP contribution in [0.3, 0.4) is 0 Å². The number of carbonyl (C=O) groups excluding carboxylic acids is 1. The van der Waals surface area contributed by atoms with Crippen molar-refractivity contribution in [3.8, 4) is 0 Å². The van der Waals surface area contributed by atoms with E-state index in [0.29, 0.717) is 12.5 Å². The number of piperidine rings is 1.